The highest BCUT2D eigenvalue weighted by Gasteiger charge is 2.49. The zero-order valence-electron chi connectivity index (χ0n) is 20.3. The first-order chi connectivity index (χ1) is 18.8. The average molecular weight is 632 g/mol. The molecule has 0 spiro atoms. The first-order valence-corrected chi connectivity index (χ1v) is 13.5. The number of pyridine rings is 1. The standard InChI is InChI=1S/C21H11F5NO4S.C2H3F3O3S/c1-27-19-13-9-10(22)5-7-14(13)30-15-4-2-3-11(17(15)19)12-6-8-16(18(23)20(12)27)31-32(28,29)21(24,25)26;1-8-9(6,7)2(3,4)5/h2-9H,1H3;1H3/q+1;. The van der Waals surface area contributed by atoms with Gasteiger partial charge in [-0.2, -0.15) is 52.1 Å². The largest absolute Gasteiger partial charge is 0.534 e. The van der Waals surface area contributed by atoms with E-state index in [4.69, 9.17) is 4.74 Å². The van der Waals surface area contributed by atoms with Gasteiger partial charge in [-0.3, -0.25) is 4.18 Å². The summed E-state index contributed by atoms with van der Waals surface area (Å²) in [6, 6.07) is 10.8. The van der Waals surface area contributed by atoms with Crippen molar-refractivity contribution in [3.8, 4) is 28.5 Å². The second kappa shape index (κ2) is 9.95. The van der Waals surface area contributed by atoms with Crippen LogP contribution < -0.4 is 13.5 Å². The molecule has 1 aromatic heterocycles. The van der Waals surface area contributed by atoms with Gasteiger partial charge in [0, 0.05) is 5.39 Å². The van der Waals surface area contributed by atoms with Gasteiger partial charge in [0.1, 0.15) is 24.4 Å². The fourth-order valence-electron chi connectivity index (χ4n) is 3.99. The molecule has 0 fully saturated rings. The Morgan fingerprint density at radius 1 is 0.805 bits per heavy atom. The molecule has 0 unspecified atom stereocenters. The van der Waals surface area contributed by atoms with Crippen LogP contribution in [0, 0.1) is 11.6 Å². The monoisotopic (exact) mass is 632 g/mol. The Balaban J connectivity index is 0.000000374. The summed E-state index contributed by atoms with van der Waals surface area (Å²) < 4.78 is 157. The zero-order chi connectivity index (χ0) is 30.7. The minimum absolute atomic E-state index is 0.225. The third kappa shape index (κ3) is 5.21. The molecule has 0 amide bonds. The maximum Gasteiger partial charge on any atom is 0.534 e. The van der Waals surface area contributed by atoms with Crippen molar-refractivity contribution >= 4 is 41.9 Å². The van der Waals surface area contributed by atoms with Crippen molar-refractivity contribution < 1.29 is 69.6 Å². The summed E-state index contributed by atoms with van der Waals surface area (Å²) in [5, 5.41) is 1.28. The summed E-state index contributed by atoms with van der Waals surface area (Å²) in [5.74, 6) is -2.28. The number of hydrogen-bond donors (Lipinski definition) is 0. The summed E-state index contributed by atoms with van der Waals surface area (Å²) in [4.78, 5) is 0. The van der Waals surface area contributed by atoms with Crippen molar-refractivity contribution in [2.45, 2.75) is 11.0 Å². The summed E-state index contributed by atoms with van der Waals surface area (Å²) in [6.07, 6.45) is 0. The average Bonchev–Trinajstić information content (AvgIpc) is 2.86. The van der Waals surface area contributed by atoms with E-state index in [1.54, 1.807) is 18.2 Å². The number of rotatable bonds is 3. The molecule has 0 bridgehead atoms. The predicted octanol–water partition coefficient (Wildman–Crippen LogP) is 5.58. The highest BCUT2D eigenvalue weighted by atomic mass is 32.2. The van der Waals surface area contributed by atoms with Gasteiger partial charge in [0.2, 0.25) is 11.5 Å². The van der Waals surface area contributed by atoms with Gasteiger partial charge in [-0.25, -0.2) is 4.39 Å². The maximum absolute atomic E-state index is 15.4. The normalized spacial score (nSPS) is 13.3. The second-order valence-electron chi connectivity index (χ2n) is 8.15. The fourth-order valence-corrected chi connectivity index (χ4v) is 4.64. The van der Waals surface area contributed by atoms with Gasteiger partial charge in [-0.1, -0.05) is 12.1 Å². The van der Waals surface area contributed by atoms with E-state index >= 15 is 4.39 Å². The number of nitrogens with zero attached hydrogens (tertiary/aromatic N) is 1. The first kappa shape index (κ1) is 30.2. The molecule has 0 N–H and O–H groups in total. The summed E-state index contributed by atoms with van der Waals surface area (Å²) >= 11 is 0. The highest BCUT2D eigenvalue weighted by molar-refractivity contribution is 7.88. The molecule has 5 rings (SSSR count). The van der Waals surface area contributed by atoms with Crippen LogP contribution in [0.25, 0.3) is 32.9 Å². The third-order valence-corrected chi connectivity index (χ3v) is 7.68. The molecular formula is C23H14F8NO7S2+. The van der Waals surface area contributed by atoms with Crippen molar-refractivity contribution in [2.24, 2.45) is 7.05 Å². The Morgan fingerprint density at radius 3 is 2.00 bits per heavy atom. The van der Waals surface area contributed by atoms with Crippen molar-refractivity contribution in [3.63, 3.8) is 0 Å². The molecule has 1 aliphatic heterocycles. The number of fused-ring (bicyclic) bond motifs is 4. The van der Waals surface area contributed by atoms with Crippen LogP contribution in [-0.4, -0.2) is 35.0 Å². The van der Waals surface area contributed by atoms with Crippen LogP contribution in [-0.2, 0) is 31.5 Å². The van der Waals surface area contributed by atoms with Crippen LogP contribution in [0.4, 0.5) is 35.1 Å². The first-order valence-electron chi connectivity index (χ1n) is 10.7. The van der Waals surface area contributed by atoms with Gasteiger partial charge in [-0.05, 0) is 36.4 Å². The molecule has 41 heavy (non-hydrogen) atoms. The van der Waals surface area contributed by atoms with Gasteiger partial charge in [0.15, 0.2) is 5.75 Å². The van der Waals surface area contributed by atoms with E-state index in [0.717, 1.165) is 6.07 Å². The van der Waals surface area contributed by atoms with Gasteiger partial charge in [-0.15, -0.1) is 0 Å². The Morgan fingerprint density at radius 2 is 1.44 bits per heavy atom. The summed E-state index contributed by atoms with van der Waals surface area (Å²) in [6.45, 7) is 0. The molecule has 0 atom stereocenters. The Hall–Kier alpha value is -3.77. The van der Waals surface area contributed by atoms with Gasteiger partial charge < -0.3 is 8.92 Å². The number of hydrogen-bond acceptors (Lipinski definition) is 7. The Bertz CT molecular complexity index is 1920. The van der Waals surface area contributed by atoms with E-state index < -0.39 is 48.6 Å². The van der Waals surface area contributed by atoms with E-state index in [1.165, 1.54) is 35.9 Å². The highest BCUT2D eigenvalue weighted by Crippen LogP contribution is 2.47. The number of aromatic nitrogens is 1. The molecule has 18 heteroatoms. The molecule has 0 radical (unpaired) electrons. The van der Waals surface area contributed by atoms with Crippen molar-refractivity contribution in [1.29, 1.82) is 0 Å². The minimum atomic E-state index is -6.08. The molecule has 8 nitrogen and oxygen atoms in total. The van der Waals surface area contributed by atoms with Gasteiger partial charge in [0.05, 0.1) is 23.4 Å². The third-order valence-electron chi connectivity index (χ3n) is 5.71. The van der Waals surface area contributed by atoms with E-state index in [2.05, 4.69) is 8.37 Å². The molecule has 0 aliphatic carbocycles. The quantitative estimate of drug-likeness (QED) is 0.0842. The molecule has 3 aromatic carbocycles. The molecule has 0 saturated heterocycles. The fraction of sp³-hybridized carbons (Fsp3) is 0.174. The topological polar surface area (TPSA) is 99.9 Å². The van der Waals surface area contributed by atoms with Gasteiger partial charge in [0.25, 0.3) is 5.52 Å². The Labute approximate surface area is 225 Å². The minimum Gasteiger partial charge on any atom is -0.456 e. The summed E-state index contributed by atoms with van der Waals surface area (Å²) in [5.41, 5.74) is -10.6. The lowest BCUT2D eigenvalue weighted by atomic mass is 9.96. The van der Waals surface area contributed by atoms with Crippen LogP contribution in [0.5, 0.6) is 17.2 Å². The van der Waals surface area contributed by atoms with Gasteiger partial charge >= 0.3 is 31.3 Å². The van der Waals surface area contributed by atoms with E-state index in [-0.39, 0.29) is 10.9 Å². The molecule has 1 aliphatic rings. The van der Waals surface area contributed by atoms with Crippen LogP contribution in [0.3, 0.4) is 0 Å². The lowest BCUT2D eigenvalue weighted by Crippen LogP contribution is -2.34. The molecule has 4 aromatic rings. The maximum atomic E-state index is 15.4. The van der Waals surface area contributed by atoms with Crippen LogP contribution >= 0.6 is 0 Å². The SMILES string of the molecule is COS(=O)(=O)C(F)(F)F.C[n+]1c2c3c(cccc3c3ccc(OS(=O)(=O)C(F)(F)F)c(F)c31)Oc1ccc(F)cc1-2. The van der Waals surface area contributed by atoms with Crippen molar-refractivity contribution in [1.82, 2.24) is 0 Å². The zero-order valence-corrected chi connectivity index (χ0v) is 21.9. The smallest absolute Gasteiger partial charge is 0.456 e. The molecule has 220 valence electrons. The van der Waals surface area contributed by atoms with E-state index in [1.807, 2.05) is 0 Å². The van der Waals surface area contributed by atoms with E-state index in [0.29, 0.717) is 40.6 Å². The van der Waals surface area contributed by atoms with Crippen LogP contribution in [0.15, 0.2) is 48.5 Å². The number of aryl methyl sites for hydroxylation is 1. The predicted molar refractivity (Wildman–Crippen MR) is 126 cm³/mol. The number of alkyl halides is 6. The van der Waals surface area contributed by atoms with Crippen molar-refractivity contribution in [3.05, 3.63) is 60.2 Å². The number of halogens is 8. The van der Waals surface area contributed by atoms with Crippen LogP contribution in [0.2, 0.25) is 0 Å². The molecular weight excluding hydrogens is 618 g/mol. The molecule has 0 saturated carbocycles. The van der Waals surface area contributed by atoms with Crippen LogP contribution in [0.1, 0.15) is 0 Å². The van der Waals surface area contributed by atoms with Crippen molar-refractivity contribution in [2.75, 3.05) is 7.11 Å². The number of benzene rings is 3. The lowest BCUT2D eigenvalue weighted by Gasteiger charge is -2.20. The lowest BCUT2D eigenvalue weighted by molar-refractivity contribution is -0.633. The van der Waals surface area contributed by atoms with E-state index in [9.17, 15) is 47.6 Å². The summed E-state index contributed by atoms with van der Waals surface area (Å²) in [7, 11) is -9.54. The second-order valence-corrected chi connectivity index (χ2v) is 11.4. The number of ether oxygens (including phenoxy) is 1. The Kier molecular flexibility index (Phi) is 7.33. The molecule has 2 heterocycles.